The average molecular weight is 326 g/mol. The van der Waals surface area contributed by atoms with Crippen LogP contribution in [0, 0.1) is 5.92 Å². The van der Waals surface area contributed by atoms with E-state index in [4.69, 9.17) is 9.47 Å². The quantitative estimate of drug-likeness (QED) is 0.691. The van der Waals surface area contributed by atoms with Crippen LogP contribution in [-0.2, 0) is 32.3 Å². The Morgan fingerprint density at radius 3 is 1.83 bits per heavy atom. The van der Waals surface area contributed by atoms with Crippen LogP contribution in [0.25, 0.3) is 0 Å². The van der Waals surface area contributed by atoms with Crippen molar-refractivity contribution in [1.82, 2.24) is 0 Å². The summed E-state index contributed by atoms with van der Waals surface area (Å²) in [6.07, 6.45) is 0.574. The first-order valence-corrected chi connectivity index (χ1v) is 8.09. The first-order chi connectivity index (χ1) is 11.7. The smallest absolute Gasteiger partial charge is 0.309 e. The van der Waals surface area contributed by atoms with Crippen molar-refractivity contribution in [3.8, 4) is 0 Å². The molecule has 0 N–H and O–H groups in total. The molecule has 0 radical (unpaired) electrons. The third-order valence-corrected chi connectivity index (χ3v) is 3.71. The predicted molar refractivity (Wildman–Crippen MR) is 90.9 cm³/mol. The van der Waals surface area contributed by atoms with Crippen molar-refractivity contribution >= 4 is 11.9 Å². The molecule has 1 atom stereocenters. The van der Waals surface area contributed by atoms with E-state index in [1.165, 1.54) is 0 Å². The van der Waals surface area contributed by atoms with Gasteiger partial charge in [0.25, 0.3) is 0 Å². The summed E-state index contributed by atoms with van der Waals surface area (Å²) in [6, 6.07) is 18.9. The third-order valence-electron chi connectivity index (χ3n) is 3.71. The molecule has 0 saturated heterocycles. The van der Waals surface area contributed by atoms with E-state index in [0.717, 1.165) is 11.1 Å². The van der Waals surface area contributed by atoms with E-state index in [1.807, 2.05) is 67.6 Å². The van der Waals surface area contributed by atoms with Gasteiger partial charge in [0.05, 0.1) is 12.3 Å². The standard InChI is InChI=1S/C20H22O4/c1-2-18(20(22)24-15-17-11-7-4-8-12-17)13-19(21)23-14-16-9-5-3-6-10-16/h3-12,18H,2,13-15H2,1H3. The minimum Gasteiger partial charge on any atom is -0.461 e. The van der Waals surface area contributed by atoms with E-state index in [-0.39, 0.29) is 31.6 Å². The van der Waals surface area contributed by atoms with E-state index in [9.17, 15) is 9.59 Å². The van der Waals surface area contributed by atoms with E-state index < -0.39 is 5.92 Å². The third kappa shape index (κ3) is 5.88. The highest BCUT2D eigenvalue weighted by Gasteiger charge is 2.22. The molecule has 0 aliphatic rings. The Hall–Kier alpha value is -2.62. The molecule has 24 heavy (non-hydrogen) atoms. The fraction of sp³-hybridized carbons (Fsp3) is 0.300. The minimum absolute atomic E-state index is 0.0386. The second-order valence-electron chi connectivity index (χ2n) is 5.55. The predicted octanol–water partition coefficient (Wildman–Crippen LogP) is 3.89. The molecule has 0 bridgehead atoms. The molecule has 2 rings (SSSR count). The molecule has 0 heterocycles. The summed E-state index contributed by atoms with van der Waals surface area (Å²) in [5, 5.41) is 0. The van der Waals surface area contributed by atoms with Gasteiger partial charge in [-0.15, -0.1) is 0 Å². The van der Waals surface area contributed by atoms with Gasteiger partial charge in [0.15, 0.2) is 0 Å². The zero-order valence-corrected chi connectivity index (χ0v) is 13.8. The summed E-state index contributed by atoms with van der Waals surface area (Å²) < 4.78 is 10.5. The molecule has 0 aliphatic heterocycles. The largest absolute Gasteiger partial charge is 0.461 e. The van der Waals surface area contributed by atoms with Gasteiger partial charge in [-0.3, -0.25) is 9.59 Å². The SMILES string of the molecule is CCC(CC(=O)OCc1ccccc1)C(=O)OCc1ccccc1. The summed E-state index contributed by atoms with van der Waals surface area (Å²) in [5.41, 5.74) is 1.85. The summed E-state index contributed by atoms with van der Waals surface area (Å²) in [5.74, 6) is -1.22. The number of hydrogen-bond donors (Lipinski definition) is 0. The summed E-state index contributed by atoms with van der Waals surface area (Å²) in [7, 11) is 0. The van der Waals surface area contributed by atoms with Gasteiger partial charge in [-0.2, -0.15) is 0 Å². The molecular formula is C20H22O4. The molecule has 1 unspecified atom stereocenters. The molecule has 4 heteroatoms. The van der Waals surface area contributed by atoms with E-state index in [2.05, 4.69) is 0 Å². The molecule has 0 fully saturated rings. The minimum atomic E-state index is -0.475. The summed E-state index contributed by atoms with van der Waals surface area (Å²) in [4.78, 5) is 24.1. The Balaban J connectivity index is 1.77. The molecule has 2 aromatic carbocycles. The number of carbonyl (C=O) groups is 2. The zero-order valence-electron chi connectivity index (χ0n) is 13.8. The maximum atomic E-state index is 12.1. The van der Waals surface area contributed by atoms with Gasteiger partial charge in [-0.25, -0.2) is 0 Å². The summed E-state index contributed by atoms with van der Waals surface area (Å²) in [6.45, 7) is 2.29. The van der Waals surface area contributed by atoms with Gasteiger partial charge in [0, 0.05) is 0 Å². The number of hydrogen-bond acceptors (Lipinski definition) is 4. The van der Waals surface area contributed by atoms with Crippen LogP contribution in [-0.4, -0.2) is 11.9 Å². The first kappa shape index (κ1) is 17.7. The number of rotatable bonds is 8. The van der Waals surface area contributed by atoms with Crippen LogP contribution in [0.1, 0.15) is 30.9 Å². The van der Waals surface area contributed by atoms with Crippen molar-refractivity contribution in [3.05, 3.63) is 71.8 Å². The van der Waals surface area contributed by atoms with Crippen molar-refractivity contribution in [2.75, 3.05) is 0 Å². The topological polar surface area (TPSA) is 52.6 Å². The van der Waals surface area contributed by atoms with Gasteiger partial charge in [-0.1, -0.05) is 67.6 Å². The van der Waals surface area contributed by atoms with Crippen LogP contribution < -0.4 is 0 Å². The average Bonchev–Trinajstić information content (AvgIpc) is 2.64. The van der Waals surface area contributed by atoms with Crippen LogP contribution in [0.2, 0.25) is 0 Å². The molecule has 0 spiro atoms. The maximum Gasteiger partial charge on any atom is 0.309 e. The highest BCUT2D eigenvalue weighted by molar-refractivity contribution is 5.79. The van der Waals surface area contributed by atoms with Crippen molar-refractivity contribution in [3.63, 3.8) is 0 Å². The van der Waals surface area contributed by atoms with Crippen LogP contribution in [0.4, 0.5) is 0 Å². The molecular weight excluding hydrogens is 304 g/mol. The first-order valence-electron chi connectivity index (χ1n) is 8.09. The lowest BCUT2D eigenvalue weighted by atomic mass is 10.0. The molecule has 0 aromatic heterocycles. The Bertz CT molecular complexity index is 637. The number of benzene rings is 2. The highest BCUT2D eigenvalue weighted by atomic mass is 16.5. The summed E-state index contributed by atoms with van der Waals surface area (Å²) >= 11 is 0. The normalized spacial score (nSPS) is 11.5. The highest BCUT2D eigenvalue weighted by Crippen LogP contribution is 2.14. The van der Waals surface area contributed by atoms with Crippen LogP contribution in [0.5, 0.6) is 0 Å². The Labute approximate surface area is 142 Å². The Morgan fingerprint density at radius 2 is 1.33 bits per heavy atom. The Kier molecular flexibility index (Phi) is 7.02. The Morgan fingerprint density at radius 1 is 0.833 bits per heavy atom. The molecule has 0 amide bonds. The lowest BCUT2D eigenvalue weighted by Gasteiger charge is -2.14. The molecule has 126 valence electrons. The lowest BCUT2D eigenvalue weighted by Crippen LogP contribution is -2.21. The zero-order chi connectivity index (χ0) is 17.2. The fourth-order valence-electron chi connectivity index (χ4n) is 2.24. The number of ether oxygens (including phenoxy) is 2. The van der Waals surface area contributed by atoms with Crippen LogP contribution >= 0.6 is 0 Å². The second kappa shape index (κ2) is 9.50. The van der Waals surface area contributed by atoms with Crippen molar-refractivity contribution in [2.24, 2.45) is 5.92 Å². The molecule has 0 aliphatic carbocycles. The van der Waals surface area contributed by atoms with Gasteiger partial charge in [-0.05, 0) is 17.5 Å². The van der Waals surface area contributed by atoms with E-state index in [1.54, 1.807) is 0 Å². The van der Waals surface area contributed by atoms with Gasteiger partial charge >= 0.3 is 11.9 Å². The van der Waals surface area contributed by atoms with E-state index >= 15 is 0 Å². The van der Waals surface area contributed by atoms with Crippen molar-refractivity contribution in [2.45, 2.75) is 33.0 Å². The lowest BCUT2D eigenvalue weighted by molar-refractivity contribution is -0.156. The monoisotopic (exact) mass is 326 g/mol. The van der Waals surface area contributed by atoms with Crippen LogP contribution in [0.3, 0.4) is 0 Å². The van der Waals surface area contributed by atoms with Gasteiger partial charge < -0.3 is 9.47 Å². The van der Waals surface area contributed by atoms with Gasteiger partial charge in [0.2, 0.25) is 0 Å². The molecule has 2 aromatic rings. The van der Waals surface area contributed by atoms with E-state index in [0.29, 0.717) is 6.42 Å². The number of esters is 2. The van der Waals surface area contributed by atoms with Crippen molar-refractivity contribution in [1.29, 1.82) is 0 Å². The second-order valence-corrected chi connectivity index (χ2v) is 5.55. The maximum absolute atomic E-state index is 12.1. The van der Waals surface area contributed by atoms with Gasteiger partial charge in [0.1, 0.15) is 13.2 Å². The number of carbonyl (C=O) groups excluding carboxylic acids is 2. The fourth-order valence-corrected chi connectivity index (χ4v) is 2.24. The molecule has 0 saturated carbocycles. The molecule has 4 nitrogen and oxygen atoms in total. The van der Waals surface area contributed by atoms with Crippen molar-refractivity contribution < 1.29 is 19.1 Å². The van der Waals surface area contributed by atoms with Crippen LogP contribution in [0.15, 0.2) is 60.7 Å².